The molecule has 106 valence electrons. The van der Waals surface area contributed by atoms with E-state index in [9.17, 15) is 0 Å². The summed E-state index contributed by atoms with van der Waals surface area (Å²) in [5.74, 6) is 0.780. The molecule has 1 aliphatic carbocycles. The van der Waals surface area contributed by atoms with E-state index in [4.69, 9.17) is 0 Å². The Kier molecular flexibility index (Phi) is 4.06. The van der Waals surface area contributed by atoms with Gasteiger partial charge in [-0.05, 0) is 56.1 Å². The number of benzene rings is 1. The molecule has 3 unspecified atom stereocenters. The van der Waals surface area contributed by atoms with Gasteiger partial charge in [0.05, 0.1) is 0 Å². The van der Waals surface area contributed by atoms with Crippen molar-refractivity contribution in [2.45, 2.75) is 66.5 Å². The molecule has 0 saturated heterocycles. The van der Waals surface area contributed by atoms with Gasteiger partial charge in [0.15, 0.2) is 0 Å². The first-order valence-corrected chi connectivity index (χ1v) is 7.62. The van der Waals surface area contributed by atoms with E-state index in [1.807, 2.05) is 0 Å². The normalized spacial score (nSPS) is 27.5. The molecule has 1 fully saturated rings. The molecular formula is C18H29N. The van der Waals surface area contributed by atoms with Gasteiger partial charge in [0.2, 0.25) is 0 Å². The van der Waals surface area contributed by atoms with Gasteiger partial charge in [-0.25, -0.2) is 0 Å². The van der Waals surface area contributed by atoms with Gasteiger partial charge in [-0.1, -0.05) is 44.5 Å². The van der Waals surface area contributed by atoms with E-state index in [2.05, 4.69) is 65.1 Å². The molecule has 0 radical (unpaired) electrons. The number of rotatable bonds is 3. The van der Waals surface area contributed by atoms with E-state index in [1.54, 1.807) is 0 Å². The maximum absolute atomic E-state index is 3.87. The molecule has 19 heavy (non-hydrogen) atoms. The minimum Gasteiger partial charge on any atom is -0.307 e. The second-order valence-corrected chi connectivity index (χ2v) is 7.40. The molecule has 1 aromatic carbocycles. The van der Waals surface area contributed by atoms with E-state index in [0.29, 0.717) is 17.5 Å². The molecule has 0 aromatic heterocycles. The van der Waals surface area contributed by atoms with Gasteiger partial charge in [-0.15, -0.1) is 0 Å². The highest BCUT2D eigenvalue weighted by atomic mass is 15.0. The Morgan fingerprint density at radius 3 is 2.47 bits per heavy atom. The van der Waals surface area contributed by atoms with Crippen LogP contribution in [0.25, 0.3) is 0 Å². The minimum atomic E-state index is 0.446. The van der Waals surface area contributed by atoms with Gasteiger partial charge in [-0.3, -0.25) is 0 Å². The van der Waals surface area contributed by atoms with Crippen molar-refractivity contribution in [2.75, 3.05) is 0 Å². The maximum atomic E-state index is 3.87. The summed E-state index contributed by atoms with van der Waals surface area (Å²) in [7, 11) is 0. The molecule has 0 amide bonds. The first-order chi connectivity index (χ1) is 8.78. The van der Waals surface area contributed by atoms with Crippen LogP contribution in [-0.2, 0) is 0 Å². The molecule has 2 rings (SSSR count). The van der Waals surface area contributed by atoms with Crippen LogP contribution in [0, 0.1) is 25.2 Å². The van der Waals surface area contributed by atoms with Gasteiger partial charge in [0, 0.05) is 12.1 Å². The summed E-state index contributed by atoms with van der Waals surface area (Å²) in [5.41, 5.74) is 4.71. The lowest BCUT2D eigenvalue weighted by molar-refractivity contribution is 0.356. The molecule has 1 nitrogen and oxygen atoms in total. The van der Waals surface area contributed by atoms with Crippen molar-refractivity contribution < 1.29 is 0 Å². The fourth-order valence-electron chi connectivity index (χ4n) is 3.75. The van der Waals surface area contributed by atoms with Gasteiger partial charge in [-0.2, -0.15) is 0 Å². The summed E-state index contributed by atoms with van der Waals surface area (Å²) >= 11 is 0. The number of nitrogens with one attached hydrogen (secondary N) is 1. The standard InChI is InChI=1S/C18H29N/c1-12-7-8-13(2)16(9-12)15(4)19-17-11-18(5,6)10-14(17)3/h7-9,14-15,17,19H,10-11H2,1-6H3. The lowest BCUT2D eigenvalue weighted by atomic mass is 9.91. The second-order valence-electron chi connectivity index (χ2n) is 7.40. The first-order valence-electron chi connectivity index (χ1n) is 7.62. The summed E-state index contributed by atoms with van der Waals surface area (Å²) in [4.78, 5) is 0. The fraction of sp³-hybridized carbons (Fsp3) is 0.667. The fourth-order valence-corrected chi connectivity index (χ4v) is 3.75. The molecule has 3 atom stereocenters. The van der Waals surface area contributed by atoms with Gasteiger partial charge in [0.1, 0.15) is 0 Å². The Balaban J connectivity index is 2.09. The average molecular weight is 259 g/mol. The minimum absolute atomic E-state index is 0.446. The third kappa shape index (κ3) is 3.39. The van der Waals surface area contributed by atoms with Crippen molar-refractivity contribution >= 4 is 0 Å². The molecule has 0 spiro atoms. The Morgan fingerprint density at radius 2 is 1.89 bits per heavy atom. The van der Waals surface area contributed by atoms with Crippen LogP contribution in [0.5, 0.6) is 0 Å². The van der Waals surface area contributed by atoms with Crippen LogP contribution in [-0.4, -0.2) is 6.04 Å². The van der Waals surface area contributed by atoms with Gasteiger partial charge in [0.25, 0.3) is 0 Å². The predicted molar refractivity (Wildman–Crippen MR) is 83.4 cm³/mol. The second kappa shape index (κ2) is 5.28. The van der Waals surface area contributed by atoms with Crippen LogP contribution in [0.4, 0.5) is 0 Å². The number of hydrogen-bond acceptors (Lipinski definition) is 1. The predicted octanol–water partition coefficient (Wildman–Crippen LogP) is 4.78. The van der Waals surface area contributed by atoms with E-state index >= 15 is 0 Å². The quantitative estimate of drug-likeness (QED) is 0.824. The molecule has 1 N–H and O–H groups in total. The molecule has 1 heteroatoms. The monoisotopic (exact) mass is 259 g/mol. The largest absolute Gasteiger partial charge is 0.307 e. The Bertz CT molecular complexity index is 447. The third-order valence-electron chi connectivity index (χ3n) is 4.70. The highest BCUT2D eigenvalue weighted by molar-refractivity contribution is 5.32. The topological polar surface area (TPSA) is 12.0 Å². The van der Waals surface area contributed by atoms with E-state index < -0.39 is 0 Å². The number of aryl methyl sites for hydroxylation is 2. The molecule has 0 aliphatic heterocycles. The van der Waals surface area contributed by atoms with Crippen molar-refractivity contribution in [3.63, 3.8) is 0 Å². The highest BCUT2D eigenvalue weighted by Gasteiger charge is 2.37. The van der Waals surface area contributed by atoms with Crippen molar-refractivity contribution in [2.24, 2.45) is 11.3 Å². The third-order valence-corrected chi connectivity index (χ3v) is 4.70. The van der Waals surface area contributed by atoms with Crippen LogP contribution in [0.15, 0.2) is 18.2 Å². The zero-order valence-electron chi connectivity index (χ0n) is 13.4. The zero-order valence-corrected chi connectivity index (χ0v) is 13.4. The lowest BCUT2D eigenvalue weighted by Gasteiger charge is -2.25. The maximum Gasteiger partial charge on any atom is 0.0297 e. The van der Waals surface area contributed by atoms with E-state index in [1.165, 1.54) is 29.5 Å². The molecule has 1 aromatic rings. The van der Waals surface area contributed by atoms with Crippen LogP contribution in [0.3, 0.4) is 0 Å². The Morgan fingerprint density at radius 1 is 1.21 bits per heavy atom. The van der Waals surface area contributed by atoms with Gasteiger partial charge < -0.3 is 5.32 Å². The lowest BCUT2D eigenvalue weighted by Crippen LogP contribution is -2.34. The first kappa shape index (κ1) is 14.6. The summed E-state index contributed by atoms with van der Waals surface area (Å²) in [6.07, 6.45) is 2.63. The molecule has 1 saturated carbocycles. The SMILES string of the molecule is Cc1ccc(C)c(C(C)NC2CC(C)(C)CC2C)c1. The van der Waals surface area contributed by atoms with Crippen LogP contribution in [0.2, 0.25) is 0 Å². The Labute approximate surface area is 118 Å². The van der Waals surface area contributed by atoms with E-state index in [-0.39, 0.29) is 0 Å². The summed E-state index contributed by atoms with van der Waals surface area (Å²) in [6.45, 7) is 13.9. The highest BCUT2D eigenvalue weighted by Crippen LogP contribution is 2.41. The van der Waals surface area contributed by atoms with Crippen LogP contribution in [0.1, 0.15) is 63.3 Å². The van der Waals surface area contributed by atoms with Crippen LogP contribution < -0.4 is 5.32 Å². The number of hydrogen-bond donors (Lipinski definition) is 1. The van der Waals surface area contributed by atoms with Crippen LogP contribution >= 0.6 is 0 Å². The molecule has 0 bridgehead atoms. The zero-order chi connectivity index (χ0) is 14.2. The van der Waals surface area contributed by atoms with Crippen molar-refractivity contribution in [1.29, 1.82) is 0 Å². The Hall–Kier alpha value is -0.820. The molecule has 1 aliphatic rings. The average Bonchev–Trinajstić information content (AvgIpc) is 2.55. The summed E-state index contributed by atoms with van der Waals surface area (Å²) in [6, 6.07) is 7.88. The van der Waals surface area contributed by atoms with Crippen molar-refractivity contribution in [1.82, 2.24) is 5.32 Å². The van der Waals surface area contributed by atoms with E-state index in [0.717, 1.165) is 5.92 Å². The van der Waals surface area contributed by atoms with Crippen molar-refractivity contribution in [3.8, 4) is 0 Å². The smallest absolute Gasteiger partial charge is 0.0297 e. The molecule has 0 heterocycles. The van der Waals surface area contributed by atoms with Gasteiger partial charge >= 0.3 is 0 Å². The van der Waals surface area contributed by atoms with Crippen molar-refractivity contribution in [3.05, 3.63) is 34.9 Å². The molecular weight excluding hydrogens is 230 g/mol. The summed E-state index contributed by atoms with van der Waals surface area (Å²) < 4.78 is 0. The summed E-state index contributed by atoms with van der Waals surface area (Å²) in [5, 5.41) is 3.87.